The van der Waals surface area contributed by atoms with E-state index < -0.39 is 0 Å². The number of hydrogen-bond donors (Lipinski definition) is 1. The lowest BCUT2D eigenvalue weighted by Crippen LogP contribution is -2.22. The quantitative estimate of drug-likeness (QED) is 0.764. The average molecular weight is 284 g/mol. The third-order valence-corrected chi connectivity index (χ3v) is 2.78. The minimum Gasteiger partial charge on any atom is -0.351 e. The maximum Gasteiger partial charge on any atom is 0.290 e. The lowest BCUT2D eigenvalue weighted by molar-refractivity contribution is 0.0912. The van der Waals surface area contributed by atoms with Gasteiger partial charge in [-0.05, 0) is 5.56 Å². The second kappa shape index (κ2) is 6.00. The summed E-state index contributed by atoms with van der Waals surface area (Å²) in [6.45, 7) is 0.165. The first kappa shape index (κ1) is 13.0. The molecule has 21 heavy (non-hydrogen) atoms. The first-order valence-electron chi connectivity index (χ1n) is 6.35. The van der Waals surface area contributed by atoms with E-state index in [2.05, 4.69) is 20.6 Å². The second-order valence-corrected chi connectivity index (χ2v) is 4.33. The van der Waals surface area contributed by atoms with Crippen molar-refractivity contribution in [1.82, 2.24) is 20.6 Å². The number of nitrogens with one attached hydrogen (secondary N) is 1. The van der Waals surface area contributed by atoms with Crippen LogP contribution in [0.15, 0.2) is 51.6 Å². The normalized spacial score (nSPS) is 10.5. The molecule has 0 spiro atoms. The molecule has 0 radical (unpaired) electrons. The zero-order chi connectivity index (χ0) is 14.5. The Morgan fingerprint density at radius 2 is 2.00 bits per heavy atom. The van der Waals surface area contributed by atoms with Gasteiger partial charge >= 0.3 is 0 Å². The largest absolute Gasteiger partial charge is 0.351 e. The second-order valence-electron chi connectivity index (χ2n) is 4.33. The van der Waals surface area contributed by atoms with Crippen molar-refractivity contribution in [1.29, 1.82) is 0 Å². The highest BCUT2D eigenvalue weighted by atomic mass is 16.5. The van der Waals surface area contributed by atoms with Crippen molar-refractivity contribution in [2.24, 2.45) is 0 Å². The van der Waals surface area contributed by atoms with E-state index >= 15 is 0 Å². The predicted octanol–water partition coefficient (Wildman–Crippen LogP) is 1.58. The van der Waals surface area contributed by atoms with Crippen molar-refractivity contribution >= 4 is 5.91 Å². The first-order chi connectivity index (χ1) is 10.3. The van der Waals surface area contributed by atoms with Crippen molar-refractivity contribution in [3.05, 3.63) is 65.6 Å². The van der Waals surface area contributed by atoms with Crippen LogP contribution in [0.2, 0.25) is 0 Å². The van der Waals surface area contributed by atoms with Gasteiger partial charge in [0, 0.05) is 6.07 Å². The van der Waals surface area contributed by atoms with Gasteiger partial charge in [-0.1, -0.05) is 40.6 Å². The van der Waals surface area contributed by atoms with E-state index in [9.17, 15) is 4.79 Å². The van der Waals surface area contributed by atoms with Crippen LogP contribution in [-0.2, 0) is 13.0 Å². The number of carbonyl (C=O) groups excluding carboxylic acids is 1. The molecule has 1 N–H and O–H groups in total. The van der Waals surface area contributed by atoms with Crippen LogP contribution in [0.5, 0.6) is 0 Å². The number of aromatic nitrogens is 3. The summed E-state index contributed by atoms with van der Waals surface area (Å²) in [6.07, 6.45) is 1.96. The van der Waals surface area contributed by atoms with Gasteiger partial charge in [0.25, 0.3) is 5.91 Å². The van der Waals surface area contributed by atoms with Gasteiger partial charge in [0.15, 0.2) is 5.82 Å². The van der Waals surface area contributed by atoms with Crippen LogP contribution in [0.25, 0.3) is 0 Å². The molecule has 0 bridgehead atoms. The molecule has 2 aromatic heterocycles. The number of hydrogen-bond acceptors (Lipinski definition) is 6. The molecule has 0 aliphatic rings. The molecule has 0 aliphatic heterocycles. The standard InChI is InChI=1S/C14H12N4O3/c19-14(11-6-7-16-20-11)15-9-12-17-13(21-18-12)8-10-4-2-1-3-5-10/h1-7H,8-9H2,(H,15,19). The van der Waals surface area contributed by atoms with E-state index in [1.165, 1.54) is 12.3 Å². The van der Waals surface area contributed by atoms with E-state index in [4.69, 9.17) is 9.05 Å². The highest BCUT2D eigenvalue weighted by Gasteiger charge is 2.12. The van der Waals surface area contributed by atoms with Gasteiger partial charge in [-0.3, -0.25) is 4.79 Å². The molecule has 2 heterocycles. The van der Waals surface area contributed by atoms with Gasteiger partial charge < -0.3 is 14.4 Å². The molecule has 0 atom stereocenters. The Labute approximate surface area is 120 Å². The van der Waals surface area contributed by atoms with Gasteiger partial charge in [-0.2, -0.15) is 4.98 Å². The molecule has 0 aliphatic carbocycles. The number of benzene rings is 1. The van der Waals surface area contributed by atoms with Crippen LogP contribution < -0.4 is 5.32 Å². The van der Waals surface area contributed by atoms with Crippen molar-refractivity contribution in [2.75, 3.05) is 0 Å². The van der Waals surface area contributed by atoms with Gasteiger partial charge in [0.05, 0.1) is 19.2 Å². The van der Waals surface area contributed by atoms with Crippen LogP contribution in [0.1, 0.15) is 27.8 Å². The molecule has 7 nitrogen and oxygen atoms in total. The lowest BCUT2D eigenvalue weighted by Gasteiger charge is -1.97. The summed E-state index contributed by atoms with van der Waals surface area (Å²) < 4.78 is 9.89. The fourth-order valence-electron chi connectivity index (χ4n) is 1.78. The third kappa shape index (κ3) is 3.33. The van der Waals surface area contributed by atoms with E-state index in [1.54, 1.807) is 0 Å². The zero-order valence-electron chi connectivity index (χ0n) is 11.0. The van der Waals surface area contributed by atoms with Crippen molar-refractivity contribution in [3.8, 4) is 0 Å². The lowest BCUT2D eigenvalue weighted by atomic mass is 10.1. The monoisotopic (exact) mass is 284 g/mol. The summed E-state index contributed by atoms with van der Waals surface area (Å²) in [4.78, 5) is 15.9. The van der Waals surface area contributed by atoms with Crippen molar-refractivity contribution < 1.29 is 13.8 Å². The fraction of sp³-hybridized carbons (Fsp3) is 0.143. The molecular formula is C14H12N4O3. The fourth-order valence-corrected chi connectivity index (χ4v) is 1.78. The topological polar surface area (TPSA) is 94.1 Å². The highest BCUT2D eigenvalue weighted by Crippen LogP contribution is 2.07. The highest BCUT2D eigenvalue weighted by molar-refractivity contribution is 5.91. The number of carbonyl (C=O) groups is 1. The summed E-state index contributed by atoms with van der Waals surface area (Å²) in [7, 11) is 0. The van der Waals surface area contributed by atoms with Crippen LogP contribution in [0.4, 0.5) is 0 Å². The molecule has 0 unspecified atom stereocenters. The Bertz CT molecular complexity index is 707. The summed E-state index contributed by atoms with van der Waals surface area (Å²) in [5, 5.41) is 9.90. The zero-order valence-corrected chi connectivity index (χ0v) is 11.0. The van der Waals surface area contributed by atoms with Gasteiger partial charge in [-0.25, -0.2) is 0 Å². The van der Waals surface area contributed by atoms with Gasteiger partial charge in [0.1, 0.15) is 0 Å². The van der Waals surface area contributed by atoms with Gasteiger partial charge in [0.2, 0.25) is 11.7 Å². The first-order valence-corrected chi connectivity index (χ1v) is 6.35. The van der Waals surface area contributed by atoms with Crippen molar-refractivity contribution in [3.63, 3.8) is 0 Å². The van der Waals surface area contributed by atoms with E-state index in [0.29, 0.717) is 18.1 Å². The Hall–Kier alpha value is -2.96. The maximum absolute atomic E-state index is 11.6. The smallest absolute Gasteiger partial charge is 0.290 e. The SMILES string of the molecule is O=C(NCc1noc(Cc2ccccc2)n1)c1ccno1. The molecule has 7 heteroatoms. The Morgan fingerprint density at radius 3 is 2.76 bits per heavy atom. The summed E-state index contributed by atoms with van der Waals surface area (Å²) >= 11 is 0. The Kier molecular flexibility index (Phi) is 3.72. The molecule has 3 rings (SSSR count). The van der Waals surface area contributed by atoms with Crippen molar-refractivity contribution in [2.45, 2.75) is 13.0 Å². The molecule has 1 aromatic carbocycles. The Morgan fingerprint density at radius 1 is 1.14 bits per heavy atom. The van der Waals surface area contributed by atoms with E-state index in [0.717, 1.165) is 5.56 Å². The molecule has 1 amide bonds. The third-order valence-electron chi connectivity index (χ3n) is 2.78. The van der Waals surface area contributed by atoms with Crippen LogP contribution >= 0.6 is 0 Å². The maximum atomic E-state index is 11.6. The van der Waals surface area contributed by atoms with E-state index in [1.807, 2.05) is 30.3 Å². The molecular weight excluding hydrogens is 272 g/mol. The summed E-state index contributed by atoms with van der Waals surface area (Å²) in [5.41, 5.74) is 1.08. The number of rotatable bonds is 5. The number of amides is 1. The number of nitrogens with zero attached hydrogens (tertiary/aromatic N) is 3. The molecule has 0 saturated heterocycles. The van der Waals surface area contributed by atoms with Gasteiger partial charge in [-0.15, -0.1) is 0 Å². The van der Waals surface area contributed by atoms with Crippen LogP contribution in [0.3, 0.4) is 0 Å². The molecule has 0 fully saturated rings. The Balaban J connectivity index is 1.57. The van der Waals surface area contributed by atoms with E-state index in [-0.39, 0.29) is 18.2 Å². The minimum atomic E-state index is -0.373. The predicted molar refractivity (Wildman–Crippen MR) is 71.2 cm³/mol. The average Bonchev–Trinajstić information content (AvgIpc) is 3.17. The summed E-state index contributed by atoms with van der Waals surface area (Å²) in [5.74, 6) is 0.684. The minimum absolute atomic E-state index is 0.142. The van der Waals surface area contributed by atoms with Crippen LogP contribution in [-0.4, -0.2) is 21.2 Å². The summed E-state index contributed by atoms with van der Waals surface area (Å²) in [6, 6.07) is 11.3. The molecule has 3 aromatic rings. The molecule has 0 saturated carbocycles. The molecule has 106 valence electrons. The van der Waals surface area contributed by atoms with Crippen LogP contribution in [0, 0.1) is 0 Å².